The van der Waals surface area contributed by atoms with E-state index in [1.165, 1.54) is 70.4 Å². The first kappa shape index (κ1) is 20.7. The molecule has 0 aliphatic rings. The highest BCUT2D eigenvalue weighted by Gasteiger charge is 2.26. The van der Waals surface area contributed by atoms with Crippen LogP contribution >= 0.6 is 0 Å². The van der Waals surface area contributed by atoms with Crippen LogP contribution in [0.1, 0.15) is 108 Å². The van der Waals surface area contributed by atoms with Gasteiger partial charge in [0.1, 0.15) is 0 Å². The lowest BCUT2D eigenvalue weighted by atomic mass is 9.87. The second-order valence-electron chi connectivity index (χ2n) is 7.20. The summed E-state index contributed by atoms with van der Waals surface area (Å²) in [6, 6.07) is 0. The molecule has 1 aromatic rings. The van der Waals surface area contributed by atoms with Gasteiger partial charge in [-0.15, -0.1) is 0 Å². The topological polar surface area (TPSA) is 70.7 Å². The Kier molecular flexibility index (Phi) is 10.4. The van der Waals surface area contributed by atoms with E-state index in [0.29, 0.717) is 5.69 Å². The van der Waals surface area contributed by atoms with Crippen molar-refractivity contribution in [2.75, 3.05) is 0 Å². The molecule has 1 heterocycles. The van der Waals surface area contributed by atoms with Gasteiger partial charge in [-0.25, -0.2) is 0 Å². The zero-order chi connectivity index (χ0) is 17.7. The van der Waals surface area contributed by atoms with Crippen molar-refractivity contribution in [3.8, 4) is 0 Å². The first-order valence-corrected chi connectivity index (χ1v) is 9.79. The van der Waals surface area contributed by atoms with E-state index in [1.54, 1.807) is 0 Å². The van der Waals surface area contributed by atoms with Crippen molar-refractivity contribution >= 4 is 5.91 Å². The van der Waals surface area contributed by atoms with Crippen LogP contribution in [-0.2, 0) is 0 Å². The van der Waals surface area contributed by atoms with Crippen LogP contribution in [0.15, 0.2) is 6.20 Å². The van der Waals surface area contributed by atoms with Crippen LogP contribution < -0.4 is 5.32 Å². The van der Waals surface area contributed by atoms with Gasteiger partial charge < -0.3 is 5.32 Å². The molecule has 0 unspecified atom stereocenters. The number of nitrogens with one attached hydrogen (secondary N) is 2. The highest BCUT2D eigenvalue weighted by molar-refractivity contribution is 5.92. The average molecular weight is 337 g/mol. The van der Waals surface area contributed by atoms with E-state index >= 15 is 0 Å². The quantitative estimate of drug-likeness (QED) is 0.469. The molecule has 0 aromatic carbocycles. The van der Waals surface area contributed by atoms with Crippen LogP contribution in [0.3, 0.4) is 0 Å². The number of nitrogens with zero attached hydrogens (tertiary/aromatic N) is 2. The number of amides is 1. The van der Waals surface area contributed by atoms with Gasteiger partial charge in [0.05, 0.1) is 6.20 Å². The maximum atomic E-state index is 12.4. The molecule has 0 atom stereocenters. The molecule has 5 heteroatoms. The standard InChI is InChI=1S/C19H36N4O/c1-4-6-8-10-12-14-19(3,15-13-11-9-7-5-2)21-18(24)17-16-20-23-22-17/h16H,4-15H2,1-3H3,(H,21,24)(H,20,22,23). The molecule has 1 aromatic heterocycles. The molecule has 0 aliphatic heterocycles. The molecule has 2 N–H and O–H groups in total. The van der Waals surface area contributed by atoms with E-state index in [-0.39, 0.29) is 11.4 Å². The zero-order valence-corrected chi connectivity index (χ0v) is 15.9. The number of hydrogen-bond donors (Lipinski definition) is 2. The molecule has 0 aliphatic carbocycles. The molecule has 0 radical (unpaired) electrons. The molecule has 1 rings (SSSR count). The monoisotopic (exact) mass is 336 g/mol. The highest BCUT2D eigenvalue weighted by atomic mass is 16.2. The van der Waals surface area contributed by atoms with Gasteiger partial charge in [-0.2, -0.15) is 15.4 Å². The van der Waals surface area contributed by atoms with Crippen molar-refractivity contribution < 1.29 is 4.79 Å². The molecule has 0 saturated heterocycles. The zero-order valence-electron chi connectivity index (χ0n) is 15.9. The van der Waals surface area contributed by atoms with Crippen LogP contribution in [0.2, 0.25) is 0 Å². The third kappa shape index (κ3) is 8.46. The van der Waals surface area contributed by atoms with Crippen molar-refractivity contribution in [2.45, 2.75) is 103 Å². The summed E-state index contributed by atoms with van der Waals surface area (Å²) in [7, 11) is 0. The van der Waals surface area contributed by atoms with Crippen molar-refractivity contribution in [3.05, 3.63) is 11.9 Å². The van der Waals surface area contributed by atoms with Crippen LogP contribution in [0.4, 0.5) is 0 Å². The summed E-state index contributed by atoms with van der Waals surface area (Å²) in [6.07, 6.45) is 16.1. The Morgan fingerprint density at radius 1 is 1.00 bits per heavy atom. The SMILES string of the molecule is CCCCCCCC(C)(CCCCCCC)NC(=O)c1cn[nH]n1. The fourth-order valence-corrected chi connectivity index (χ4v) is 3.14. The van der Waals surface area contributed by atoms with Gasteiger partial charge in [0.15, 0.2) is 5.69 Å². The lowest BCUT2D eigenvalue weighted by molar-refractivity contribution is 0.0887. The Hall–Kier alpha value is -1.39. The average Bonchev–Trinajstić information content (AvgIpc) is 3.09. The summed E-state index contributed by atoms with van der Waals surface area (Å²) in [4.78, 5) is 12.4. The van der Waals surface area contributed by atoms with Crippen LogP contribution in [0.5, 0.6) is 0 Å². The number of H-pyrrole nitrogens is 1. The van der Waals surface area contributed by atoms with E-state index in [2.05, 4.69) is 41.5 Å². The number of aromatic amines is 1. The Balaban J connectivity index is 2.48. The summed E-state index contributed by atoms with van der Waals surface area (Å²) < 4.78 is 0. The number of unbranched alkanes of at least 4 members (excludes halogenated alkanes) is 8. The molecule has 0 spiro atoms. The maximum absolute atomic E-state index is 12.4. The Labute approximate surface area is 147 Å². The highest BCUT2D eigenvalue weighted by Crippen LogP contribution is 2.23. The second-order valence-corrected chi connectivity index (χ2v) is 7.20. The lowest BCUT2D eigenvalue weighted by Crippen LogP contribution is -2.46. The Morgan fingerprint density at radius 2 is 1.54 bits per heavy atom. The third-order valence-electron chi connectivity index (χ3n) is 4.73. The molecule has 0 fully saturated rings. The molecule has 5 nitrogen and oxygen atoms in total. The molecule has 24 heavy (non-hydrogen) atoms. The predicted octanol–water partition coefficient (Wildman–Crippen LogP) is 5.01. The number of carbonyl (C=O) groups excluding carboxylic acids is 1. The largest absolute Gasteiger partial charge is 0.345 e. The maximum Gasteiger partial charge on any atom is 0.273 e. The van der Waals surface area contributed by atoms with Gasteiger partial charge >= 0.3 is 0 Å². The van der Waals surface area contributed by atoms with Gasteiger partial charge in [-0.1, -0.05) is 78.1 Å². The van der Waals surface area contributed by atoms with E-state index < -0.39 is 0 Å². The van der Waals surface area contributed by atoms with E-state index in [9.17, 15) is 4.79 Å². The van der Waals surface area contributed by atoms with E-state index in [4.69, 9.17) is 0 Å². The van der Waals surface area contributed by atoms with Gasteiger partial charge in [-0.3, -0.25) is 4.79 Å². The van der Waals surface area contributed by atoms with Crippen LogP contribution in [0, 0.1) is 0 Å². The molecular weight excluding hydrogens is 300 g/mol. The van der Waals surface area contributed by atoms with Crippen molar-refractivity contribution in [2.24, 2.45) is 0 Å². The minimum absolute atomic E-state index is 0.117. The smallest absolute Gasteiger partial charge is 0.273 e. The van der Waals surface area contributed by atoms with Crippen LogP contribution in [-0.4, -0.2) is 26.9 Å². The van der Waals surface area contributed by atoms with Gasteiger partial charge in [0.25, 0.3) is 5.91 Å². The van der Waals surface area contributed by atoms with E-state index in [1.807, 2.05) is 0 Å². The normalized spacial score (nSPS) is 11.6. The Morgan fingerprint density at radius 3 is 2.00 bits per heavy atom. The Bertz CT molecular complexity index is 417. The van der Waals surface area contributed by atoms with Gasteiger partial charge in [0.2, 0.25) is 0 Å². The van der Waals surface area contributed by atoms with Gasteiger partial charge in [0, 0.05) is 5.54 Å². The van der Waals surface area contributed by atoms with Crippen molar-refractivity contribution in [1.82, 2.24) is 20.7 Å². The summed E-state index contributed by atoms with van der Waals surface area (Å²) in [5.41, 5.74) is 0.229. The van der Waals surface area contributed by atoms with E-state index in [0.717, 1.165) is 12.8 Å². The molecule has 0 bridgehead atoms. The summed E-state index contributed by atoms with van der Waals surface area (Å²) in [5, 5.41) is 13.3. The number of carbonyl (C=O) groups is 1. The predicted molar refractivity (Wildman–Crippen MR) is 99.0 cm³/mol. The number of rotatable bonds is 14. The third-order valence-corrected chi connectivity index (χ3v) is 4.73. The molecule has 1 amide bonds. The molecule has 138 valence electrons. The lowest BCUT2D eigenvalue weighted by Gasteiger charge is -2.31. The second kappa shape index (κ2) is 12.0. The van der Waals surface area contributed by atoms with Crippen molar-refractivity contribution in [3.63, 3.8) is 0 Å². The minimum atomic E-state index is -0.144. The number of aromatic nitrogens is 3. The fraction of sp³-hybridized carbons (Fsp3) is 0.842. The first-order chi connectivity index (χ1) is 11.6. The van der Waals surface area contributed by atoms with Gasteiger partial charge in [-0.05, 0) is 19.8 Å². The number of hydrogen-bond acceptors (Lipinski definition) is 3. The van der Waals surface area contributed by atoms with Crippen LogP contribution in [0.25, 0.3) is 0 Å². The fourth-order valence-electron chi connectivity index (χ4n) is 3.14. The summed E-state index contributed by atoms with van der Waals surface area (Å²) in [6.45, 7) is 6.65. The molecular formula is C19H36N4O. The van der Waals surface area contributed by atoms with Crippen molar-refractivity contribution in [1.29, 1.82) is 0 Å². The molecule has 0 saturated carbocycles. The summed E-state index contributed by atoms with van der Waals surface area (Å²) in [5.74, 6) is -0.117. The summed E-state index contributed by atoms with van der Waals surface area (Å²) >= 11 is 0. The first-order valence-electron chi connectivity index (χ1n) is 9.79. The minimum Gasteiger partial charge on any atom is -0.345 e.